The van der Waals surface area contributed by atoms with E-state index in [4.69, 9.17) is 0 Å². The molecule has 278 valence electrons. The van der Waals surface area contributed by atoms with Crippen molar-refractivity contribution in [1.29, 1.82) is 0 Å². The monoisotopic (exact) mass is 811 g/mol. The maximum Gasteiger partial charge on any atom is 1.00 e. The predicted octanol–water partition coefficient (Wildman–Crippen LogP) is 3.55. The molecular weight excluding hydrogens is 787 g/mol. The Morgan fingerprint density at radius 1 is 0.554 bits per heavy atom. The minimum absolute atomic E-state index is 0. The van der Waals surface area contributed by atoms with Gasteiger partial charge in [-0.1, -0.05) is 48.5 Å². The summed E-state index contributed by atoms with van der Waals surface area (Å²) in [7, 11) is 0. The van der Waals surface area contributed by atoms with Crippen molar-refractivity contribution in [3.8, 4) is 11.5 Å². The van der Waals surface area contributed by atoms with Crippen molar-refractivity contribution in [3.05, 3.63) is 148 Å². The topological polar surface area (TPSA) is 296 Å². The van der Waals surface area contributed by atoms with Crippen LogP contribution in [0.4, 0.5) is 34.1 Å². The first-order valence-electron chi connectivity index (χ1n) is 15.2. The number of allylic oxidation sites excluding steroid dienone is 4. The fourth-order valence-electron chi connectivity index (χ4n) is 5.30. The third-order valence-corrected chi connectivity index (χ3v) is 7.92. The van der Waals surface area contributed by atoms with E-state index in [9.17, 15) is 60.3 Å². The molecule has 2 aliphatic carbocycles. The van der Waals surface area contributed by atoms with E-state index in [2.05, 4.69) is 21.1 Å². The number of Topliss-reactive ketones (excluding diaryl/α,β-unsaturated/α-hetero) is 2. The molecule has 4 N–H and O–H groups in total. The number of hydrogen-bond donors (Lipinski definition) is 4. The zero-order valence-corrected chi connectivity index (χ0v) is 32.4. The number of nitrogens with one attached hydrogen (secondary N) is 2. The number of rotatable bonds is 8. The van der Waals surface area contributed by atoms with Crippen LogP contribution in [0.1, 0.15) is 45.7 Å². The van der Waals surface area contributed by atoms with Crippen molar-refractivity contribution >= 4 is 68.3 Å². The molecule has 4 aromatic carbocycles. The summed E-state index contributed by atoms with van der Waals surface area (Å²) in [4.78, 5) is 65.3. The number of non-ortho nitro benzene ring substituents is 2. The van der Waals surface area contributed by atoms with Crippen molar-refractivity contribution in [2.45, 2.75) is 13.8 Å². The second-order valence-corrected chi connectivity index (χ2v) is 11.4. The molecular formula is C34H24CrN8NaO12+. The Morgan fingerprint density at radius 3 is 1.18 bits per heavy atom. The van der Waals surface area contributed by atoms with Crippen LogP contribution in [-0.2, 0) is 17.4 Å². The zero-order chi connectivity index (χ0) is 39.4. The molecule has 0 fully saturated rings. The summed E-state index contributed by atoms with van der Waals surface area (Å²) in [6, 6.07) is 16.9. The van der Waals surface area contributed by atoms with Crippen LogP contribution in [0, 0.1) is 40.5 Å². The van der Waals surface area contributed by atoms with Gasteiger partial charge < -0.3 is 10.2 Å². The molecule has 0 amide bonds. The summed E-state index contributed by atoms with van der Waals surface area (Å²) < 4.78 is 0. The van der Waals surface area contributed by atoms with Crippen LogP contribution in [0.2, 0.25) is 0 Å². The predicted molar refractivity (Wildman–Crippen MR) is 194 cm³/mol. The van der Waals surface area contributed by atoms with Gasteiger partial charge in [-0.25, -0.2) is 0 Å². The molecule has 0 saturated heterocycles. The van der Waals surface area contributed by atoms with Gasteiger partial charge in [-0.2, -0.15) is 10.2 Å². The number of aromatic hydroxyl groups is 2. The number of fused-ring (bicyclic) bond motifs is 2. The first-order chi connectivity index (χ1) is 25.6. The number of hydrogen-bond acceptors (Lipinski definition) is 16. The standard InChI is InChI=1S/2C17H12N4O6.Cr.Na/c2*1-9-6-13(16(22)12-5-3-2-4-11(9)12)18-19-14-7-10(20(24)25)8-15(17(14)23)21(26)27;;/h2*2-8,19,23H,1H3;;/q;;;+1/b2*18-13-;;. The summed E-state index contributed by atoms with van der Waals surface area (Å²) in [5.41, 5.74) is 4.96. The second kappa shape index (κ2) is 18.1. The molecule has 2 aliphatic rings. The van der Waals surface area contributed by atoms with Gasteiger partial charge in [0.05, 0.1) is 31.8 Å². The number of nitro groups is 4. The maximum atomic E-state index is 12.5. The van der Waals surface area contributed by atoms with Gasteiger partial charge in [0.2, 0.25) is 23.1 Å². The molecule has 0 atom stereocenters. The normalized spacial score (nSPS) is 14.0. The van der Waals surface area contributed by atoms with Crippen LogP contribution in [0.15, 0.2) is 95.2 Å². The smallest absolute Gasteiger partial charge is 0.501 e. The van der Waals surface area contributed by atoms with Gasteiger partial charge in [-0.15, -0.1) is 0 Å². The Morgan fingerprint density at radius 2 is 0.875 bits per heavy atom. The maximum absolute atomic E-state index is 12.5. The summed E-state index contributed by atoms with van der Waals surface area (Å²) in [6.45, 7) is 3.58. The summed E-state index contributed by atoms with van der Waals surface area (Å²) >= 11 is 0. The molecule has 56 heavy (non-hydrogen) atoms. The van der Waals surface area contributed by atoms with E-state index in [-0.39, 0.29) is 81.3 Å². The Bertz CT molecular complexity index is 2300. The minimum Gasteiger partial charge on any atom is -0.501 e. The van der Waals surface area contributed by atoms with Crippen LogP contribution in [0.3, 0.4) is 0 Å². The molecule has 0 aliphatic heterocycles. The average molecular weight is 812 g/mol. The number of carbonyl (C=O) groups is 2. The number of phenols is 2. The number of benzene rings is 4. The number of carbonyl (C=O) groups excluding carboxylic acids is 2. The first-order valence-corrected chi connectivity index (χ1v) is 15.2. The molecule has 22 heteroatoms. The number of nitrogens with zero attached hydrogens (tertiary/aromatic N) is 6. The second-order valence-electron chi connectivity index (χ2n) is 11.4. The van der Waals surface area contributed by atoms with E-state index < -0.39 is 53.9 Å². The molecule has 0 spiro atoms. The number of phenolic OH excluding ortho intramolecular Hbond substituents is 2. The Balaban J connectivity index is 0.000000290. The van der Waals surface area contributed by atoms with E-state index in [1.165, 1.54) is 12.2 Å². The van der Waals surface area contributed by atoms with Gasteiger partial charge >= 0.3 is 40.9 Å². The molecule has 0 saturated carbocycles. The van der Waals surface area contributed by atoms with Gasteiger partial charge in [0.15, 0.2) is 0 Å². The van der Waals surface area contributed by atoms with Gasteiger partial charge in [0, 0.05) is 40.6 Å². The van der Waals surface area contributed by atoms with Gasteiger partial charge in [-0.3, -0.25) is 60.9 Å². The third-order valence-electron chi connectivity index (χ3n) is 7.92. The SMILES string of the molecule is CC1=C/C(=N/Nc2cc([N+](=O)[O-])cc([N+](=O)[O-])c2O)C(=O)c2ccccc21.CC1=C/C(=N/Nc2cc([N+](=O)[O-])cc([N+](=O)[O-])c2O)C(=O)c2ccccc21.[Cr].[Na+]. The Kier molecular flexibility index (Phi) is 14.2. The van der Waals surface area contributed by atoms with Crippen molar-refractivity contribution in [2.24, 2.45) is 10.2 Å². The van der Waals surface area contributed by atoms with Crippen molar-refractivity contribution < 1.29 is 86.4 Å². The van der Waals surface area contributed by atoms with Crippen LogP contribution in [-0.4, -0.2) is 52.9 Å². The molecule has 0 aromatic heterocycles. The number of nitro benzene ring substituents is 4. The largest absolute Gasteiger partial charge is 1.00 e. The van der Waals surface area contributed by atoms with Crippen LogP contribution < -0.4 is 40.4 Å². The van der Waals surface area contributed by atoms with E-state index in [0.717, 1.165) is 34.4 Å². The van der Waals surface area contributed by atoms with Gasteiger partial charge in [0.1, 0.15) is 22.8 Å². The number of anilines is 2. The van der Waals surface area contributed by atoms with Crippen LogP contribution in [0.25, 0.3) is 11.1 Å². The van der Waals surface area contributed by atoms with Crippen LogP contribution in [0.5, 0.6) is 11.5 Å². The molecule has 0 bridgehead atoms. The minimum atomic E-state index is -0.952. The van der Waals surface area contributed by atoms with Crippen LogP contribution >= 0.6 is 0 Å². The Hall–Kier alpha value is -6.63. The first kappa shape index (κ1) is 43.8. The fraction of sp³-hybridized carbons (Fsp3) is 0.0588. The van der Waals surface area contributed by atoms with Gasteiger partial charge in [-0.05, 0) is 48.3 Å². The van der Waals surface area contributed by atoms with E-state index in [1.54, 1.807) is 62.4 Å². The summed E-state index contributed by atoms with van der Waals surface area (Å²) in [6.07, 6.45) is 3.03. The molecule has 0 radical (unpaired) electrons. The third kappa shape index (κ3) is 9.17. The van der Waals surface area contributed by atoms with E-state index >= 15 is 0 Å². The van der Waals surface area contributed by atoms with Gasteiger partial charge in [0.25, 0.3) is 11.4 Å². The van der Waals surface area contributed by atoms with Crippen molar-refractivity contribution in [1.82, 2.24) is 0 Å². The molecule has 6 rings (SSSR count). The summed E-state index contributed by atoms with van der Waals surface area (Å²) in [5, 5.41) is 71.6. The molecule has 20 nitrogen and oxygen atoms in total. The summed E-state index contributed by atoms with van der Waals surface area (Å²) in [5.74, 6) is -2.41. The average Bonchev–Trinajstić information content (AvgIpc) is 3.14. The fourth-order valence-corrected chi connectivity index (χ4v) is 5.30. The molecule has 0 heterocycles. The molecule has 4 aromatic rings. The number of ketones is 2. The Labute approximate surface area is 347 Å². The van der Waals surface area contributed by atoms with Crippen molar-refractivity contribution in [3.63, 3.8) is 0 Å². The number of hydrazone groups is 2. The molecule has 0 unspecified atom stereocenters. The van der Waals surface area contributed by atoms with Crippen molar-refractivity contribution in [2.75, 3.05) is 10.9 Å². The quantitative estimate of drug-likeness (QED) is 0.0857. The zero-order valence-electron chi connectivity index (χ0n) is 29.2. The van der Waals surface area contributed by atoms with E-state index in [1.807, 2.05) is 0 Å². The van der Waals surface area contributed by atoms with E-state index in [0.29, 0.717) is 23.3 Å².